The lowest BCUT2D eigenvalue weighted by Gasteiger charge is -2.41. The number of benzene rings is 1. The van der Waals surface area contributed by atoms with Crippen LogP contribution in [0.4, 0.5) is 17.3 Å². The first kappa shape index (κ1) is 17.4. The molecule has 1 N–H and O–H groups in total. The molecule has 27 heavy (non-hydrogen) atoms. The van der Waals surface area contributed by atoms with Gasteiger partial charge in [-0.05, 0) is 31.2 Å². The molecule has 1 aromatic carbocycles. The molecule has 6 nitrogen and oxygen atoms in total. The van der Waals surface area contributed by atoms with Gasteiger partial charge in [0.05, 0.1) is 5.69 Å². The van der Waals surface area contributed by atoms with Gasteiger partial charge in [-0.25, -0.2) is 4.98 Å². The monoisotopic (exact) mass is 363 g/mol. The van der Waals surface area contributed by atoms with Crippen molar-refractivity contribution in [2.75, 3.05) is 47.9 Å². The first-order valence-corrected chi connectivity index (χ1v) is 9.42. The van der Waals surface area contributed by atoms with Crippen molar-refractivity contribution >= 4 is 34.5 Å². The number of piperazine rings is 1. The second-order valence-corrected chi connectivity index (χ2v) is 6.94. The van der Waals surface area contributed by atoms with Crippen molar-refractivity contribution in [1.82, 2.24) is 9.97 Å². The smallest absolute Gasteiger partial charge is 0.152 e. The largest absolute Gasteiger partial charge is 0.372 e. The molecule has 1 aliphatic rings. The lowest BCUT2D eigenvalue weighted by molar-refractivity contribution is -0.109. The van der Waals surface area contributed by atoms with Crippen LogP contribution in [0.5, 0.6) is 0 Å². The number of pyridine rings is 1. The number of fused-ring (bicyclic) bond motifs is 1. The van der Waals surface area contributed by atoms with Gasteiger partial charge in [-0.1, -0.05) is 18.2 Å². The van der Waals surface area contributed by atoms with Gasteiger partial charge in [0.1, 0.15) is 18.1 Å². The van der Waals surface area contributed by atoms with Crippen LogP contribution >= 0.6 is 0 Å². The summed E-state index contributed by atoms with van der Waals surface area (Å²) in [5, 5.41) is 1.16. The molecule has 0 radical (unpaired) electrons. The van der Waals surface area contributed by atoms with Crippen LogP contribution in [0.3, 0.4) is 0 Å². The third kappa shape index (κ3) is 3.23. The Morgan fingerprint density at radius 2 is 2.11 bits per heavy atom. The molecular formula is C21H25N5O. The Kier molecular flexibility index (Phi) is 4.71. The SMILES string of the molecule is CCN(C)c1cccnc1N1CCN(c2cc3ccccc3[nH]2)C(C=O)C1. The van der Waals surface area contributed by atoms with E-state index in [1.54, 1.807) is 0 Å². The van der Waals surface area contributed by atoms with Crippen LogP contribution in [0.2, 0.25) is 0 Å². The molecule has 0 spiro atoms. The van der Waals surface area contributed by atoms with Gasteiger partial charge < -0.3 is 24.5 Å². The number of para-hydroxylation sites is 1. The molecule has 0 saturated carbocycles. The number of carbonyl (C=O) groups excluding carboxylic acids is 1. The fourth-order valence-electron chi connectivity index (χ4n) is 3.73. The Labute approximate surface area is 159 Å². The van der Waals surface area contributed by atoms with Crippen molar-refractivity contribution in [2.24, 2.45) is 0 Å². The van der Waals surface area contributed by atoms with Crippen molar-refractivity contribution in [3.05, 3.63) is 48.7 Å². The highest BCUT2D eigenvalue weighted by Gasteiger charge is 2.29. The van der Waals surface area contributed by atoms with Gasteiger partial charge in [-0.3, -0.25) is 0 Å². The molecule has 1 aliphatic heterocycles. The van der Waals surface area contributed by atoms with E-state index in [0.29, 0.717) is 6.54 Å². The van der Waals surface area contributed by atoms with E-state index in [2.05, 4.69) is 62.9 Å². The lowest BCUT2D eigenvalue weighted by atomic mass is 10.1. The number of H-pyrrole nitrogens is 1. The fraction of sp³-hybridized carbons (Fsp3) is 0.333. The van der Waals surface area contributed by atoms with Gasteiger partial charge in [-0.2, -0.15) is 0 Å². The quantitative estimate of drug-likeness (QED) is 0.707. The molecule has 3 heterocycles. The maximum Gasteiger partial charge on any atom is 0.152 e. The molecule has 1 fully saturated rings. The summed E-state index contributed by atoms with van der Waals surface area (Å²) in [4.78, 5) is 26.5. The van der Waals surface area contributed by atoms with Crippen LogP contribution < -0.4 is 14.7 Å². The molecule has 1 atom stereocenters. The number of hydrogen-bond acceptors (Lipinski definition) is 5. The van der Waals surface area contributed by atoms with Gasteiger partial charge in [0.2, 0.25) is 0 Å². The molecule has 1 saturated heterocycles. The Bertz CT molecular complexity index is 904. The highest BCUT2D eigenvalue weighted by molar-refractivity contribution is 5.85. The van der Waals surface area contributed by atoms with Crippen molar-refractivity contribution < 1.29 is 4.79 Å². The molecule has 6 heteroatoms. The van der Waals surface area contributed by atoms with Crippen LogP contribution in [-0.4, -0.2) is 55.5 Å². The van der Waals surface area contributed by atoms with Crippen molar-refractivity contribution in [1.29, 1.82) is 0 Å². The van der Waals surface area contributed by atoms with E-state index in [1.165, 1.54) is 0 Å². The van der Waals surface area contributed by atoms with Gasteiger partial charge in [0, 0.05) is 50.3 Å². The molecule has 1 unspecified atom stereocenters. The zero-order chi connectivity index (χ0) is 18.8. The number of aromatic amines is 1. The van der Waals surface area contributed by atoms with E-state index in [0.717, 1.165) is 54.1 Å². The van der Waals surface area contributed by atoms with E-state index in [-0.39, 0.29) is 6.04 Å². The van der Waals surface area contributed by atoms with Gasteiger partial charge >= 0.3 is 0 Å². The minimum absolute atomic E-state index is 0.214. The Hall–Kier alpha value is -3.02. The predicted octanol–water partition coefficient (Wildman–Crippen LogP) is 2.91. The zero-order valence-electron chi connectivity index (χ0n) is 15.8. The molecule has 0 amide bonds. The van der Waals surface area contributed by atoms with Crippen molar-refractivity contribution in [3.63, 3.8) is 0 Å². The molecule has 0 bridgehead atoms. The number of nitrogens with zero attached hydrogens (tertiary/aromatic N) is 4. The fourth-order valence-corrected chi connectivity index (χ4v) is 3.73. The van der Waals surface area contributed by atoms with Gasteiger partial charge in [0.15, 0.2) is 5.82 Å². The zero-order valence-corrected chi connectivity index (χ0v) is 15.8. The summed E-state index contributed by atoms with van der Waals surface area (Å²) in [5.41, 5.74) is 2.19. The molecule has 3 aromatic rings. The minimum atomic E-state index is -0.214. The van der Waals surface area contributed by atoms with E-state index in [1.807, 2.05) is 24.4 Å². The summed E-state index contributed by atoms with van der Waals surface area (Å²) in [7, 11) is 2.07. The molecule has 4 rings (SSSR count). The van der Waals surface area contributed by atoms with Crippen molar-refractivity contribution in [2.45, 2.75) is 13.0 Å². The van der Waals surface area contributed by atoms with E-state index >= 15 is 0 Å². The van der Waals surface area contributed by atoms with Crippen LogP contribution in [0, 0.1) is 0 Å². The molecule has 2 aromatic heterocycles. The van der Waals surface area contributed by atoms with Gasteiger partial charge in [0.25, 0.3) is 0 Å². The number of anilines is 3. The Morgan fingerprint density at radius 1 is 1.26 bits per heavy atom. The minimum Gasteiger partial charge on any atom is -0.372 e. The lowest BCUT2D eigenvalue weighted by Crippen LogP contribution is -2.54. The second-order valence-electron chi connectivity index (χ2n) is 6.94. The van der Waals surface area contributed by atoms with E-state index in [9.17, 15) is 4.79 Å². The summed E-state index contributed by atoms with van der Waals surface area (Å²) in [6.45, 7) is 5.24. The van der Waals surface area contributed by atoms with Crippen LogP contribution in [0.25, 0.3) is 10.9 Å². The van der Waals surface area contributed by atoms with Crippen LogP contribution in [-0.2, 0) is 4.79 Å². The van der Waals surface area contributed by atoms with E-state index in [4.69, 9.17) is 0 Å². The summed E-state index contributed by atoms with van der Waals surface area (Å²) < 4.78 is 0. The predicted molar refractivity (Wildman–Crippen MR) is 111 cm³/mol. The van der Waals surface area contributed by atoms with Crippen LogP contribution in [0.1, 0.15) is 6.92 Å². The maximum atomic E-state index is 11.9. The van der Waals surface area contributed by atoms with Crippen molar-refractivity contribution in [3.8, 4) is 0 Å². The first-order chi connectivity index (χ1) is 13.2. The average molecular weight is 363 g/mol. The summed E-state index contributed by atoms with van der Waals surface area (Å²) in [6.07, 6.45) is 2.87. The molecular weight excluding hydrogens is 338 g/mol. The number of hydrogen-bond donors (Lipinski definition) is 1. The standard InChI is InChI=1S/C21H25N5O/c1-3-24(2)19-9-6-10-22-21(19)25-11-12-26(17(14-25)15-27)20-13-16-7-4-5-8-18(16)23-20/h4-10,13,15,17,23H,3,11-12,14H2,1-2H3. The third-order valence-corrected chi connectivity index (χ3v) is 5.35. The van der Waals surface area contributed by atoms with E-state index < -0.39 is 0 Å². The first-order valence-electron chi connectivity index (χ1n) is 9.42. The Balaban J connectivity index is 1.60. The number of aromatic nitrogens is 2. The topological polar surface area (TPSA) is 55.5 Å². The Morgan fingerprint density at radius 3 is 2.89 bits per heavy atom. The summed E-state index contributed by atoms with van der Waals surface area (Å²) >= 11 is 0. The highest BCUT2D eigenvalue weighted by atomic mass is 16.1. The highest BCUT2D eigenvalue weighted by Crippen LogP contribution is 2.30. The van der Waals surface area contributed by atoms with Crippen LogP contribution in [0.15, 0.2) is 48.7 Å². The van der Waals surface area contributed by atoms with Gasteiger partial charge in [-0.15, -0.1) is 0 Å². The summed E-state index contributed by atoms with van der Waals surface area (Å²) in [5.74, 6) is 1.95. The second kappa shape index (κ2) is 7.31. The maximum absolute atomic E-state index is 11.9. The normalized spacial score (nSPS) is 17.3. The number of rotatable bonds is 5. The number of aldehydes is 1. The number of carbonyl (C=O) groups is 1. The average Bonchev–Trinajstić information content (AvgIpc) is 3.16. The summed E-state index contributed by atoms with van der Waals surface area (Å²) in [6, 6.07) is 14.2. The number of nitrogens with one attached hydrogen (secondary N) is 1. The third-order valence-electron chi connectivity index (χ3n) is 5.35. The molecule has 0 aliphatic carbocycles. The molecule has 140 valence electrons.